The maximum Gasteiger partial charge on any atom is 0.278 e. The average molecular weight is 311 g/mol. The number of aromatic nitrogens is 4. The van der Waals surface area contributed by atoms with Crippen molar-refractivity contribution in [3.05, 3.63) is 23.0 Å². The Morgan fingerprint density at radius 3 is 3.00 bits per heavy atom. The van der Waals surface area contributed by atoms with Gasteiger partial charge < -0.3 is 19.9 Å². The summed E-state index contributed by atoms with van der Waals surface area (Å²) in [5.74, 6) is -1.02. The lowest BCUT2D eigenvalue weighted by Crippen LogP contribution is -2.43. The Labute approximate surface area is 123 Å². The molecule has 0 spiro atoms. The standard InChI is InChI=1S/C12H14FN5O4/c1-14-12(3-19)8(20)6(2-13)11(22-12)18-5-17-7-9(18)15-4-16-10(7)21/h4-6,8,11,19-20H,1-3H2,(H,15,16,21)/t6?,8-,11+,12+/m0/s1. The fraction of sp³-hybridized carbons (Fsp3) is 0.500. The number of ether oxygens (including phenoxy) is 1. The van der Waals surface area contributed by atoms with Gasteiger partial charge in [0.2, 0.25) is 5.72 Å². The molecule has 3 N–H and O–H groups in total. The number of nitrogens with zero attached hydrogens (tertiary/aromatic N) is 4. The Morgan fingerprint density at radius 1 is 1.59 bits per heavy atom. The molecule has 1 saturated heterocycles. The number of aliphatic hydroxyl groups excluding tert-OH is 2. The number of rotatable bonds is 4. The summed E-state index contributed by atoms with van der Waals surface area (Å²) in [5.41, 5.74) is -1.93. The number of imidazole rings is 1. The van der Waals surface area contributed by atoms with Gasteiger partial charge in [-0.25, -0.2) is 9.97 Å². The van der Waals surface area contributed by atoms with Crippen molar-refractivity contribution in [2.75, 3.05) is 13.3 Å². The van der Waals surface area contributed by atoms with Gasteiger partial charge in [-0.3, -0.25) is 18.7 Å². The Morgan fingerprint density at radius 2 is 2.36 bits per heavy atom. The molecular formula is C12H14FN5O4. The monoisotopic (exact) mass is 311 g/mol. The smallest absolute Gasteiger partial charge is 0.278 e. The molecule has 1 unspecified atom stereocenters. The molecule has 0 radical (unpaired) electrons. The number of aliphatic imine (C=N–C) groups is 1. The van der Waals surface area contributed by atoms with Crippen molar-refractivity contribution in [3.8, 4) is 0 Å². The van der Waals surface area contributed by atoms with E-state index in [-0.39, 0.29) is 11.2 Å². The molecule has 2 aromatic rings. The van der Waals surface area contributed by atoms with E-state index in [1.54, 1.807) is 0 Å². The van der Waals surface area contributed by atoms with Crippen LogP contribution in [0.4, 0.5) is 4.39 Å². The summed E-state index contributed by atoms with van der Waals surface area (Å²) >= 11 is 0. The van der Waals surface area contributed by atoms with E-state index in [1.165, 1.54) is 17.2 Å². The summed E-state index contributed by atoms with van der Waals surface area (Å²) in [4.78, 5) is 25.6. The second-order valence-electron chi connectivity index (χ2n) is 4.99. The van der Waals surface area contributed by atoms with Gasteiger partial charge in [0.05, 0.1) is 31.9 Å². The molecule has 22 heavy (non-hydrogen) atoms. The van der Waals surface area contributed by atoms with Gasteiger partial charge in [0.1, 0.15) is 12.3 Å². The molecule has 2 aromatic heterocycles. The van der Waals surface area contributed by atoms with Crippen molar-refractivity contribution in [1.29, 1.82) is 0 Å². The molecule has 118 valence electrons. The van der Waals surface area contributed by atoms with Gasteiger partial charge in [0.25, 0.3) is 5.56 Å². The number of nitrogens with one attached hydrogen (secondary N) is 1. The summed E-state index contributed by atoms with van der Waals surface area (Å²) in [6.45, 7) is 1.70. The number of halogens is 1. The first-order valence-electron chi connectivity index (χ1n) is 6.48. The molecular weight excluding hydrogens is 297 g/mol. The molecule has 9 nitrogen and oxygen atoms in total. The van der Waals surface area contributed by atoms with Gasteiger partial charge in [-0.2, -0.15) is 0 Å². The van der Waals surface area contributed by atoms with Gasteiger partial charge >= 0.3 is 0 Å². The molecule has 4 atom stereocenters. The van der Waals surface area contributed by atoms with E-state index in [0.717, 1.165) is 0 Å². The zero-order valence-electron chi connectivity index (χ0n) is 11.4. The summed E-state index contributed by atoms with van der Waals surface area (Å²) in [6, 6.07) is 0. The maximum atomic E-state index is 13.4. The predicted octanol–water partition coefficient (Wildman–Crippen LogP) is -1.02. The molecule has 3 heterocycles. The van der Waals surface area contributed by atoms with Crippen LogP contribution in [-0.4, -0.2) is 61.6 Å². The van der Waals surface area contributed by atoms with Crippen LogP contribution in [0.2, 0.25) is 0 Å². The number of aromatic amines is 1. The Kier molecular flexibility index (Phi) is 3.51. The molecule has 1 aliphatic heterocycles. The van der Waals surface area contributed by atoms with Gasteiger partial charge in [-0.1, -0.05) is 0 Å². The third kappa shape index (κ3) is 1.88. The highest BCUT2D eigenvalue weighted by atomic mass is 19.1. The molecule has 0 aromatic carbocycles. The van der Waals surface area contributed by atoms with Crippen molar-refractivity contribution in [2.45, 2.75) is 18.1 Å². The van der Waals surface area contributed by atoms with Crippen LogP contribution in [0.5, 0.6) is 0 Å². The zero-order chi connectivity index (χ0) is 15.9. The van der Waals surface area contributed by atoms with Crippen LogP contribution in [0.1, 0.15) is 6.23 Å². The molecule has 1 aliphatic rings. The minimum absolute atomic E-state index is 0.0614. The number of aliphatic hydroxyl groups is 2. The first-order chi connectivity index (χ1) is 10.6. The molecule has 0 aliphatic carbocycles. The Hall–Kier alpha value is -2.17. The van der Waals surface area contributed by atoms with Crippen molar-refractivity contribution in [3.63, 3.8) is 0 Å². The lowest BCUT2D eigenvalue weighted by Gasteiger charge is -2.25. The number of hydrogen-bond donors (Lipinski definition) is 3. The number of hydrogen-bond acceptors (Lipinski definition) is 7. The van der Waals surface area contributed by atoms with Crippen LogP contribution < -0.4 is 5.56 Å². The van der Waals surface area contributed by atoms with Crippen molar-refractivity contribution in [2.24, 2.45) is 10.9 Å². The first-order valence-corrected chi connectivity index (χ1v) is 6.48. The number of alkyl halides is 1. The van der Waals surface area contributed by atoms with E-state index in [9.17, 15) is 19.4 Å². The highest BCUT2D eigenvalue weighted by Crippen LogP contribution is 2.42. The summed E-state index contributed by atoms with van der Waals surface area (Å²) in [5, 5.41) is 19.7. The van der Waals surface area contributed by atoms with Gasteiger partial charge in [-0.05, 0) is 6.72 Å². The zero-order valence-corrected chi connectivity index (χ0v) is 11.4. The minimum Gasteiger partial charge on any atom is -0.391 e. The van der Waals surface area contributed by atoms with Gasteiger partial charge in [0, 0.05) is 0 Å². The van der Waals surface area contributed by atoms with Crippen LogP contribution in [0.3, 0.4) is 0 Å². The van der Waals surface area contributed by atoms with Crippen LogP contribution in [0.15, 0.2) is 22.4 Å². The second-order valence-corrected chi connectivity index (χ2v) is 4.99. The van der Waals surface area contributed by atoms with E-state index in [1.807, 2.05) is 0 Å². The molecule has 0 saturated carbocycles. The third-order valence-corrected chi connectivity index (χ3v) is 3.87. The summed E-state index contributed by atoms with van der Waals surface area (Å²) in [7, 11) is 0. The highest BCUT2D eigenvalue weighted by molar-refractivity contribution is 5.68. The third-order valence-electron chi connectivity index (χ3n) is 3.87. The van der Waals surface area contributed by atoms with Crippen molar-refractivity contribution < 1.29 is 19.3 Å². The normalized spacial score (nSPS) is 31.7. The van der Waals surface area contributed by atoms with Crippen LogP contribution >= 0.6 is 0 Å². The predicted molar refractivity (Wildman–Crippen MR) is 73.1 cm³/mol. The van der Waals surface area contributed by atoms with E-state index < -0.39 is 42.8 Å². The summed E-state index contributed by atoms with van der Waals surface area (Å²) < 4.78 is 20.3. The fourth-order valence-electron chi connectivity index (χ4n) is 2.64. The van der Waals surface area contributed by atoms with E-state index in [4.69, 9.17) is 4.74 Å². The average Bonchev–Trinajstić information content (AvgIpc) is 3.07. The second kappa shape index (κ2) is 5.23. The van der Waals surface area contributed by atoms with Crippen molar-refractivity contribution in [1.82, 2.24) is 19.5 Å². The Balaban J connectivity index is 2.12. The first kappa shape index (κ1) is 14.8. The number of fused-ring (bicyclic) bond motifs is 1. The molecule has 0 bridgehead atoms. The van der Waals surface area contributed by atoms with Crippen LogP contribution in [-0.2, 0) is 4.74 Å². The minimum atomic E-state index is -1.72. The molecule has 10 heteroatoms. The SMILES string of the molecule is C=N[C@]1(CO)O[C@@H](n2cnc3c(=O)[nH]cnc32)C(CF)[C@@H]1O. The van der Waals surface area contributed by atoms with Gasteiger partial charge in [-0.15, -0.1) is 0 Å². The quantitative estimate of drug-likeness (QED) is 0.621. The topological polar surface area (TPSA) is 126 Å². The van der Waals surface area contributed by atoms with Gasteiger partial charge in [0.15, 0.2) is 11.2 Å². The van der Waals surface area contributed by atoms with E-state index >= 15 is 0 Å². The summed E-state index contributed by atoms with van der Waals surface area (Å²) in [6.07, 6.45) is 0.0223. The maximum absolute atomic E-state index is 13.4. The Bertz CT molecular complexity index is 761. The van der Waals surface area contributed by atoms with Crippen LogP contribution in [0.25, 0.3) is 11.2 Å². The van der Waals surface area contributed by atoms with E-state index in [0.29, 0.717) is 0 Å². The lowest BCUT2D eigenvalue weighted by molar-refractivity contribution is -0.120. The number of H-pyrrole nitrogens is 1. The lowest BCUT2D eigenvalue weighted by atomic mass is 9.97. The molecule has 3 rings (SSSR count). The van der Waals surface area contributed by atoms with E-state index in [2.05, 4.69) is 26.7 Å². The largest absolute Gasteiger partial charge is 0.391 e. The molecule has 1 fully saturated rings. The molecule has 0 amide bonds. The van der Waals surface area contributed by atoms with Crippen molar-refractivity contribution >= 4 is 17.9 Å². The van der Waals surface area contributed by atoms with Crippen LogP contribution in [0, 0.1) is 5.92 Å². The fourth-order valence-corrected chi connectivity index (χ4v) is 2.64. The highest BCUT2D eigenvalue weighted by Gasteiger charge is 2.55.